The van der Waals surface area contributed by atoms with Gasteiger partial charge in [-0.2, -0.15) is 0 Å². The van der Waals surface area contributed by atoms with Gasteiger partial charge in [0.1, 0.15) is 24.9 Å². The van der Waals surface area contributed by atoms with Gasteiger partial charge >= 0.3 is 41.8 Å². The molecule has 0 amide bonds. The SMILES string of the molecule is O=C(OC[C@H]1O[C@H](OC[C@H]2O[C@H](OC(=O)c3ccccc3)[C@@H](OC(=O)c3ccccc3)[C@@H](OC(=O)c3ccccc3)[C@@H]2OC(=O)c2ccccc2)[C@@H](O)[C@@H](OC(=O)c2ccccc2)[C@@H]1OC(=O)c1ccccc1)c1ccccc1. The number of ether oxygens (including phenoxy) is 10. The molecule has 0 saturated carbocycles. The Hall–Kier alpha value is -9.33. The fourth-order valence-electron chi connectivity index (χ4n) is 8.53. The number of aliphatic hydroxyl groups is 1. The maximum atomic E-state index is 14.2. The van der Waals surface area contributed by atoms with E-state index in [1.54, 1.807) is 127 Å². The molecule has 0 unspecified atom stereocenters. The molecule has 2 aliphatic heterocycles. The normalized spacial score (nSPS) is 22.4. The van der Waals surface area contributed by atoms with Gasteiger partial charge in [0.15, 0.2) is 30.7 Å². The summed E-state index contributed by atoms with van der Waals surface area (Å²) in [7, 11) is 0. The lowest BCUT2D eigenvalue weighted by atomic mass is 9.97. The molecule has 2 fully saturated rings. The summed E-state index contributed by atoms with van der Waals surface area (Å²) in [4.78, 5) is 97.7. The van der Waals surface area contributed by atoms with Crippen LogP contribution in [0.1, 0.15) is 72.5 Å². The first-order valence-electron chi connectivity index (χ1n) is 24.9. The van der Waals surface area contributed by atoms with Crippen molar-refractivity contribution < 1.29 is 86.0 Å². The number of esters is 7. The second-order valence-electron chi connectivity index (χ2n) is 17.8. The Bertz CT molecular complexity index is 3170. The van der Waals surface area contributed by atoms with Crippen LogP contribution in [0.3, 0.4) is 0 Å². The quantitative estimate of drug-likeness (QED) is 0.0642. The minimum absolute atomic E-state index is 0.0252. The largest absolute Gasteiger partial charge is 0.459 e. The molecule has 402 valence electrons. The van der Waals surface area contributed by atoms with Crippen molar-refractivity contribution in [2.24, 2.45) is 0 Å². The lowest BCUT2D eigenvalue weighted by molar-refractivity contribution is -0.323. The van der Waals surface area contributed by atoms with Crippen LogP contribution in [0.25, 0.3) is 0 Å². The summed E-state index contributed by atoms with van der Waals surface area (Å²) in [5.74, 6) is -6.61. The second kappa shape index (κ2) is 26.1. The van der Waals surface area contributed by atoms with Gasteiger partial charge < -0.3 is 52.5 Å². The summed E-state index contributed by atoms with van der Waals surface area (Å²) in [6.45, 7) is -1.48. The Kier molecular flexibility index (Phi) is 18.0. The van der Waals surface area contributed by atoms with Gasteiger partial charge in [0.2, 0.25) is 12.4 Å². The predicted molar refractivity (Wildman–Crippen MR) is 276 cm³/mol. The minimum atomic E-state index is -2.03. The van der Waals surface area contributed by atoms with Gasteiger partial charge in [0.25, 0.3) is 0 Å². The minimum Gasteiger partial charge on any atom is -0.459 e. The van der Waals surface area contributed by atoms with Gasteiger partial charge in [0.05, 0.1) is 45.6 Å². The van der Waals surface area contributed by atoms with E-state index in [4.69, 9.17) is 47.4 Å². The van der Waals surface area contributed by atoms with Gasteiger partial charge in [-0.25, -0.2) is 33.6 Å². The highest BCUT2D eigenvalue weighted by Gasteiger charge is 2.56. The Labute approximate surface area is 452 Å². The summed E-state index contributed by atoms with van der Waals surface area (Å²) in [6.07, 6.45) is -18.2. The molecule has 0 aliphatic carbocycles. The average Bonchev–Trinajstić information content (AvgIpc) is 3.50. The molecular formula is C61H50O18. The van der Waals surface area contributed by atoms with E-state index in [0.717, 1.165) is 0 Å². The third kappa shape index (κ3) is 13.8. The standard InChI is InChI=1S/C61H50O18/c62-47-50(76-56(66)41-28-14-4-15-29-41)48(74-54(64)39-24-10-2-11-25-39)45(36-70-53(63)38-22-8-1-9-23-38)72-60(47)71-37-46-49(75-55(65)40-26-12-3-13-27-40)51(77-57(67)42-30-16-5-17-31-42)52(78-58(68)43-32-18-6-19-33-43)61(73-46)79-59(69)44-34-20-7-21-35-44/h1-35,45-52,60-62H,36-37H2/t45-,46-,47+,48-,49-,50-,51+,52+,60+,61-/m1/s1. The maximum Gasteiger partial charge on any atom is 0.340 e. The number of benzene rings is 7. The molecule has 18 heteroatoms. The van der Waals surface area contributed by atoms with E-state index in [0.29, 0.717) is 0 Å². The van der Waals surface area contributed by atoms with E-state index in [1.807, 2.05) is 0 Å². The lowest BCUT2D eigenvalue weighted by Gasteiger charge is -2.45. The molecule has 18 nitrogen and oxygen atoms in total. The van der Waals surface area contributed by atoms with E-state index in [-0.39, 0.29) is 38.9 Å². The molecule has 7 aromatic rings. The third-order valence-corrected chi connectivity index (χ3v) is 12.5. The van der Waals surface area contributed by atoms with Crippen LogP contribution in [0, 0.1) is 0 Å². The smallest absolute Gasteiger partial charge is 0.340 e. The molecular weight excluding hydrogens is 1020 g/mol. The molecule has 0 spiro atoms. The first-order valence-corrected chi connectivity index (χ1v) is 24.9. The van der Waals surface area contributed by atoms with Crippen molar-refractivity contribution in [2.45, 2.75) is 61.4 Å². The van der Waals surface area contributed by atoms with Crippen LogP contribution < -0.4 is 0 Å². The van der Waals surface area contributed by atoms with Crippen LogP contribution in [0.15, 0.2) is 212 Å². The molecule has 79 heavy (non-hydrogen) atoms. The number of hydrogen-bond acceptors (Lipinski definition) is 18. The topological polar surface area (TPSA) is 232 Å². The molecule has 0 radical (unpaired) electrons. The number of aliphatic hydroxyl groups excluding tert-OH is 1. The fraction of sp³-hybridized carbons (Fsp3) is 0.197. The van der Waals surface area contributed by atoms with Crippen molar-refractivity contribution >= 4 is 41.8 Å². The fourth-order valence-corrected chi connectivity index (χ4v) is 8.53. The average molecular weight is 1070 g/mol. The molecule has 1 N–H and O–H groups in total. The van der Waals surface area contributed by atoms with E-state index >= 15 is 0 Å². The lowest BCUT2D eigenvalue weighted by Crippen LogP contribution is -2.64. The van der Waals surface area contributed by atoms with Crippen LogP contribution in [-0.2, 0) is 47.4 Å². The second-order valence-corrected chi connectivity index (χ2v) is 17.8. The molecule has 0 aromatic heterocycles. The highest BCUT2D eigenvalue weighted by Crippen LogP contribution is 2.35. The summed E-state index contributed by atoms with van der Waals surface area (Å²) in [5.41, 5.74) is 0.410. The van der Waals surface area contributed by atoms with E-state index in [2.05, 4.69) is 0 Å². The zero-order valence-corrected chi connectivity index (χ0v) is 41.8. The molecule has 2 aliphatic rings. The van der Waals surface area contributed by atoms with Crippen LogP contribution in [-0.4, -0.2) is 122 Å². The highest BCUT2D eigenvalue weighted by molar-refractivity contribution is 5.93. The van der Waals surface area contributed by atoms with Gasteiger partial charge in [-0.3, -0.25) is 0 Å². The van der Waals surface area contributed by atoms with Crippen LogP contribution in [0.4, 0.5) is 0 Å². The maximum absolute atomic E-state index is 14.2. The van der Waals surface area contributed by atoms with Gasteiger partial charge in [-0.05, 0) is 84.9 Å². The molecule has 9 rings (SSSR count). The predicted octanol–water partition coefficient (Wildman–Crippen LogP) is 7.66. The van der Waals surface area contributed by atoms with Crippen molar-refractivity contribution in [1.29, 1.82) is 0 Å². The van der Waals surface area contributed by atoms with E-state index in [9.17, 15) is 38.7 Å². The monoisotopic (exact) mass is 1070 g/mol. The number of rotatable bonds is 18. The van der Waals surface area contributed by atoms with Gasteiger partial charge in [-0.1, -0.05) is 127 Å². The molecule has 0 bridgehead atoms. The van der Waals surface area contributed by atoms with Crippen molar-refractivity contribution in [3.05, 3.63) is 251 Å². The van der Waals surface area contributed by atoms with Crippen molar-refractivity contribution in [2.75, 3.05) is 13.2 Å². The molecule has 2 heterocycles. The third-order valence-electron chi connectivity index (χ3n) is 12.5. The summed E-state index contributed by atoms with van der Waals surface area (Å²) < 4.78 is 61.2. The Morgan fingerprint density at radius 1 is 0.304 bits per heavy atom. The van der Waals surface area contributed by atoms with Crippen molar-refractivity contribution in [1.82, 2.24) is 0 Å². The Morgan fingerprint density at radius 3 is 0.937 bits per heavy atom. The van der Waals surface area contributed by atoms with Crippen molar-refractivity contribution in [3.63, 3.8) is 0 Å². The number of carbonyl (C=O) groups is 7. The van der Waals surface area contributed by atoms with E-state index in [1.165, 1.54) is 84.9 Å². The van der Waals surface area contributed by atoms with Crippen LogP contribution >= 0.6 is 0 Å². The van der Waals surface area contributed by atoms with Gasteiger partial charge in [-0.15, -0.1) is 0 Å². The zero-order chi connectivity index (χ0) is 55.1. The van der Waals surface area contributed by atoms with Gasteiger partial charge in [0, 0.05) is 0 Å². The number of carbonyl (C=O) groups excluding carboxylic acids is 7. The first kappa shape index (κ1) is 54.5. The molecule has 2 saturated heterocycles. The highest BCUT2D eigenvalue weighted by atomic mass is 16.8. The van der Waals surface area contributed by atoms with Crippen LogP contribution in [0.2, 0.25) is 0 Å². The van der Waals surface area contributed by atoms with E-state index < -0.39 is 116 Å². The van der Waals surface area contributed by atoms with Crippen molar-refractivity contribution in [3.8, 4) is 0 Å². The number of hydrogen-bond donors (Lipinski definition) is 1. The van der Waals surface area contributed by atoms with Crippen LogP contribution in [0.5, 0.6) is 0 Å². The zero-order valence-electron chi connectivity index (χ0n) is 41.8. The first-order chi connectivity index (χ1) is 38.5. The molecule has 7 aromatic carbocycles. The summed E-state index contributed by atoms with van der Waals surface area (Å²) >= 11 is 0. The Morgan fingerprint density at radius 2 is 0.570 bits per heavy atom. The summed E-state index contributed by atoms with van der Waals surface area (Å²) in [5, 5.41) is 12.3. The Balaban J connectivity index is 1.10. The summed E-state index contributed by atoms with van der Waals surface area (Å²) in [6, 6.07) is 54.3. The molecule has 10 atom stereocenters.